The Bertz CT molecular complexity index is 1290. The lowest BCUT2D eigenvalue weighted by Gasteiger charge is -2.10. The summed E-state index contributed by atoms with van der Waals surface area (Å²) in [4.78, 5) is 24.3. The maximum Gasteiger partial charge on any atom is 0.573 e. The highest BCUT2D eigenvalue weighted by atomic mass is 35.5. The Hall–Kier alpha value is -3.59. The molecule has 2 heterocycles. The zero-order chi connectivity index (χ0) is 22.9. The summed E-state index contributed by atoms with van der Waals surface area (Å²) in [6.07, 6.45) is -3.08. The number of hydrogen-bond donors (Lipinski definition) is 2. The minimum absolute atomic E-state index is 0.0297. The molecule has 2 aromatic carbocycles. The molecule has 0 saturated carbocycles. The summed E-state index contributed by atoms with van der Waals surface area (Å²) in [5, 5.41) is 3.20. The largest absolute Gasteiger partial charge is 0.573 e. The maximum atomic E-state index is 12.4. The Morgan fingerprint density at radius 1 is 1.16 bits per heavy atom. The number of carbonyl (C=O) groups excluding carboxylic acids is 1. The Morgan fingerprint density at radius 2 is 1.91 bits per heavy atom. The number of rotatable bonds is 5. The number of nitrogens with one attached hydrogen (secondary N) is 2. The van der Waals surface area contributed by atoms with E-state index in [0.29, 0.717) is 33.3 Å². The number of carbonyl (C=O) groups is 1. The van der Waals surface area contributed by atoms with Gasteiger partial charge in [-0.2, -0.15) is 0 Å². The fourth-order valence-corrected chi connectivity index (χ4v) is 3.32. The third-order valence-electron chi connectivity index (χ3n) is 4.50. The first-order valence-electron chi connectivity index (χ1n) is 9.43. The lowest BCUT2D eigenvalue weighted by atomic mass is 10.1. The minimum atomic E-state index is -4.76. The number of alkyl halides is 3. The molecule has 32 heavy (non-hydrogen) atoms. The molecule has 0 saturated heterocycles. The molecule has 0 aliphatic rings. The highest BCUT2D eigenvalue weighted by Gasteiger charge is 2.30. The second-order valence-corrected chi connectivity index (χ2v) is 7.49. The van der Waals surface area contributed by atoms with Gasteiger partial charge in [-0.1, -0.05) is 23.7 Å². The van der Waals surface area contributed by atoms with Gasteiger partial charge in [-0.05, 0) is 54.4 Å². The molecule has 0 aliphatic heterocycles. The van der Waals surface area contributed by atoms with E-state index in [1.54, 1.807) is 24.4 Å². The van der Waals surface area contributed by atoms with Crippen LogP contribution in [0.25, 0.3) is 22.6 Å². The number of nitrogens with zero attached hydrogens (tertiary/aromatic N) is 2. The van der Waals surface area contributed by atoms with Crippen molar-refractivity contribution >= 4 is 34.4 Å². The molecule has 2 N–H and O–H groups in total. The van der Waals surface area contributed by atoms with Gasteiger partial charge in [0.05, 0.1) is 17.0 Å². The predicted molar refractivity (Wildman–Crippen MR) is 115 cm³/mol. The van der Waals surface area contributed by atoms with E-state index in [-0.39, 0.29) is 18.1 Å². The number of ether oxygens (including phenoxy) is 1. The molecule has 10 heteroatoms. The second-order valence-electron chi connectivity index (χ2n) is 7.08. The molecular formula is C22H16ClF3N4O2. The van der Waals surface area contributed by atoms with Crippen LogP contribution in [0.15, 0.2) is 54.7 Å². The smallest absolute Gasteiger partial charge is 0.406 e. The zero-order valence-corrected chi connectivity index (χ0v) is 17.4. The molecule has 164 valence electrons. The summed E-state index contributed by atoms with van der Waals surface area (Å²) in [6.45, 7) is 1.92. The number of aromatic nitrogens is 3. The van der Waals surface area contributed by atoms with E-state index in [4.69, 9.17) is 11.6 Å². The number of halogens is 4. The summed E-state index contributed by atoms with van der Waals surface area (Å²) in [5.74, 6) is -0.177. The number of hydrogen-bond acceptors (Lipinski definition) is 4. The van der Waals surface area contributed by atoms with Crippen LogP contribution < -0.4 is 10.1 Å². The van der Waals surface area contributed by atoms with Crippen LogP contribution in [0.1, 0.15) is 11.1 Å². The van der Waals surface area contributed by atoms with Crippen molar-refractivity contribution in [2.75, 3.05) is 5.32 Å². The predicted octanol–water partition coefficient (Wildman–Crippen LogP) is 5.67. The van der Waals surface area contributed by atoms with Crippen molar-refractivity contribution in [3.05, 3.63) is 70.9 Å². The molecule has 6 nitrogen and oxygen atoms in total. The number of imidazole rings is 1. The number of H-pyrrole nitrogens is 1. The van der Waals surface area contributed by atoms with E-state index in [1.807, 2.05) is 13.0 Å². The van der Waals surface area contributed by atoms with Crippen LogP contribution in [-0.2, 0) is 11.2 Å². The van der Waals surface area contributed by atoms with Gasteiger partial charge < -0.3 is 15.0 Å². The van der Waals surface area contributed by atoms with E-state index in [2.05, 4.69) is 25.0 Å². The van der Waals surface area contributed by atoms with Crippen molar-refractivity contribution in [2.45, 2.75) is 19.7 Å². The van der Waals surface area contributed by atoms with Gasteiger partial charge in [0.25, 0.3) is 0 Å². The molecule has 2 aromatic heterocycles. The molecule has 0 fully saturated rings. The number of aromatic amines is 1. The van der Waals surface area contributed by atoms with Gasteiger partial charge in [-0.3, -0.25) is 4.79 Å². The zero-order valence-electron chi connectivity index (χ0n) is 16.6. The summed E-state index contributed by atoms with van der Waals surface area (Å²) in [7, 11) is 0. The third kappa shape index (κ3) is 5.17. The standard InChI is InChI=1S/C22H16ClF3N4O2/c1-12-8-18-21(27-11-12)30-20(29-18)16-10-14(4-7-17(16)23)28-19(31)9-13-2-5-15(6-3-13)32-22(24,25)26/h2-8,10-11H,9H2,1H3,(H,28,31)(H,27,29,30). The van der Waals surface area contributed by atoms with Crippen LogP contribution >= 0.6 is 11.6 Å². The van der Waals surface area contributed by atoms with Crippen molar-refractivity contribution in [1.29, 1.82) is 0 Å². The van der Waals surface area contributed by atoms with Gasteiger partial charge in [-0.25, -0.2) is 9.97 Å². The highest BCUT2D eigenvalue weighted by Crippen LogP contribution is 2.30. The maximum absolute atomic E-state index is 12.4. The number of pyridine rings is 1. The molecule has 4 aromatic rings. The average Bonchev–Trinajstić information content (AvgIpc) is 3.12. The van der Waals surface area contributed by atoms with Crippen LogP contribution in [0.2, 0.25) is 5.02 Å². The van der Waals surface area contributed by atoms with Gasteiger partial charge >= 0.3 is 6.36 Å². The van der Waals surface area contributed by atoms with Crippen LogP contribution in [-0.4, -0.2) is 27.2 Å². The van der Waals surface area contributed by atoms with Crippen LogP contribution in [0.3, 0.4) is 0 Å². The fourth-order valence-electron chi connectivity index (χ4n) is 3.12. The van der Waals surface area contributed by atoms with Gasteiger partial charge in [0, 0.05) is 17.4 Å². The highest BCUT2D eigenvalue weighted by molar-refractivity contribution is 6.33. The van der Waals surface area contributed by atoms with Gasteiger partial charge in [0.15, 0.2) is 5.65 Å². The van der Waals surface area contributed by atoms with E-state index >= 15 is 0 Å². The Balaban J connectivity index is 1.48. The first-order chi connectivity index (χ1) is 15.2. The normalized spacial score (nSPS) is 11.5. The lowest BCUT2D eigenvalue weighted by Crippen LogP contribution is -2.17. The molecule has 0 spiro atoms. The monoisotopic (exact) mass is 460 g/mol. The second kappa shape index (κ2) is 8.51. The van der Waals surface area contributed by atoms with Gasteiger partial charge in [0.2, 0.25) is 5.91 Å². The fraction of sp³-hybridized carbons (Fsp3) is 0.136. The first kappa shape index (κ1) is 21.6. The topological polar surface area (TPSA) is 79.9 Å². The number of benzene rings is 2. The number of fused-ring (bicyclic) bond motifs is 1. The van der Waals surface area contributed by atoms with Crippen molar-refractivity contribution in [1.82, 2.24) is 15.0 Å². The third-order valence-corrected chi connectivity index (χ3v) is 4.83. The van der Waals surface area contributed by atoms with Crippen molar-refractivity contribution in [2.24, 2.45) is 0 Å². The molecule has 0 unspecified atom stereocenters. The summed E-state index contributed by atoms with van der Waals surface area (Å²) < 4.78 is 40.6. The average molecular weight is 461 g/mol. The van der Waals surface area contributed by atoms with Crippen molar-refractivity contribution in [3.8, 4) is 17.1 Å². The van der Waals surface area contributed by atoms with Crippen molar-refractivity contribution < 1.29 is 22.7 Å². The lowest BCUT2D eigenvalue weighted by molar-refractivity contribution is -0.274. The van der Waals surface area contributed by atoms with E-state index in [1.165, 1.54) is 12.1 Å². The molecule has 0 aliphatic carbocycles. The van der Waals surface area contributed by atoms with Crippen LogP contribution in [0, 0.1) is 6.92 Å². The van der Waals surface area contributed by atoms with E-state index < -0.39 is 6.36 Å². The molecule has 1 amide bonds. The quantitative estimate of drug-likeness (QED) is 0.402. The molecule has 0 radical (unpaired) electrons. The van der Waals surface area contributed by atoms with Crippen LogP contribution in [0.4, 0.5) is 18.9 Å². The van der Waals surface area contributed by atoms with E-state index in [0.717, 1.165) is 23.2 Å². The Morgan fingerprint density at radius 3 is 2.62 bits per heavy atom. The minimum Gasteiger partial charge on any atom is -0.406 e. The summed E-state index contributed by atoms with van der Waals surface area (Å²) in [6, 6.07) is 12.0. The Labute approximate surface area is 185 Å². The number of amides is 1. The SMILES string of the molecule is Cc1cnc2nc(-c3cc(NC(=O)Cc4ccc(OC(F)(F)F)cc4)ccc3Cl)[nH]c2c1. The number of anilines is 1. The van der Waals surface area contributed by atoms with Crippen molar-refractivity contribution in [3.63, 3.8) is 0 Å². The molecular weight excluding hydrogens is 445 g/mol. The van der Waals surface area contributed by atoms with Gasteiger partial charge in [0.1, 0.15) is 11.6 Å². The molecule has 0 atom stereocenters. The molecule has 0 bridgehead atoms. The van der Waals surface area contributed by atoms with Crippen LogP contribution in [0.5, 0.6) is 5.75 Å². The van der Waals surface area contributed by atoms with E-state index in [9.17, 15) is 18.0 Å². The van der Waals surface area contributed by atoms with Gasteiger partial charge in [-0.15, -0.1) is 13.2 Å². The molecule has 4 rings (SSSR count). The summed E-state index contributed by atoms with van der Waals surface area (Å²) in [5.41, 5.74) is 3.92. The Kier molecular flexibility index (Phi) is 5.75. The number of aryl methyl sites for hydroxylation is 1. The first-order valence-corrected chi connectivity index (χ1v) is 9.81. The summed E-state index contributed by atoms with van der Waals surface area (Å²) >= 11 is 6.33.